The first-order valence-corrected chi connectivity index (χ1v) is 8.15. The van der Waals surface area contributed by atoms with Crippen LogP contribution in [0.5, 0.6) is 0 Å². The number of guanidine groups is 1. The minimum absolute atomic E-state index is 0. The molecule has 126 valence electrons. The molecule has 0 aliphatic carbocycles. The second-order valence-electron chi connectivity index (χ2n) is 7.00. The van der Waals surface area contributed by atoms with Crippen molar-refractivity contribution in [2.75, 3.05) is 26.2 Å². The molecule has 0 aromatic heterocycles. The van der Waals surface area contributed by atoms with Gasteiger partial charge < -0.3 is 10.6 Å². The van der Waals surface area contributed by atoms with E-state index < -0.39 is 0 Å². The summed E-state index contributed by atoms with van der Waals surface area (Å²) in [5.74, 6) is 1.75. The second-order valence-corrected chi connectivity index (χ2v) is 7.00. The molecule has 0 amide bonds. The highest BCUT2D eigenvalue weighted by Crippen LogP contribution is 2.23. The van der Waals surface area contributed by atoms with Crippen LogP contribution in [0, 0.1) is 5.92 Å². The number of likely N-dealkylation sites (tertiary alicyclic amines) is 1. The Balaban J connectivity index is 0.00000400. The van der Waals surface area contributed by atoms with Crippen LogP contribution in [0.1, 0.15) is 54.4 Å². The molecule has 4 nitrogen and oxygen atoms in total. The maximum absolute atomic E-state index is 4.78. The van der Waals surface area contributed by atoms with Gasteiger partial charge in [0.25, 0.3) is 0 Å². The van der Waals surface area contributed by atoms with Gasteiger partial charge in [-0.2, -0.15) is 0 Å². The van der Waals surface area contributed by atoms with E-state index in [2.05, 4.69) is 57.1 Å². The van der Waals surface area contributed by atoms with E-state index in [-0.39, 0.29) is 29.5 Å². The van der Waals surface area contributed by atoms with E-state index in [1.54, 1.807) is 0 Å². The molecule has 0 saturated carbocycles. The molecule has 0 radical (unpaired) electrons. The first-order valence-electron chi connectivity index (χ1n) is 8.15. The number of hydrogen-bond acceptors (Lipinski definition) is 2. The fraction of sp³-hybridized carbons (Fsp3) is 0.938. The molecule has 5 heteroatoms. The number of nitrogens with one attached hydrogen (secondary N) is 2. The van der Waals surface area contributed by atoms with Gasteiger partial charge in [-0.25, -0.2) is 0 Å². The maximum Gasteiger partial charge on any atom is 0.191 e. The molecule has 0 spiro atoms. The third-order valence-corrected chi connectivity index (χ3v) is 3.91. The lowest BCUT2D eigenvalue weighted by atomic mass is 9.94. The summed E-state index contributed by atoms with van der Waals surface area (Å²) in [7, 11) is 0. The smallest absolute Gasteiger partial charge is 0.191 e. The molecule has 1 unspecified atom stereocenters. The number of aliphatic imine (C=N–C) groups is 1. The molecule has 1 atom stereocenters. The average molecular weight is 410 g/mol. The summed E-state index contributed by atoms with van der Waals surface area (Å²) in [6.45, 7) is 17.5. The molecule has 0 aromatic carbocycles. The fourth-order valence-electron chi connectivity index (χ4n) is 2.71. The monoisotopic (exact) mass is 410 g/mol. The quantitative estimate of drug-likeness (QED) is 0.416. The minimum Gasteiger partial charge on any atom is -0.357 e. The van der Waals surface area contributed by atoms with Crippen LogP contribution in [0.4, 0.5) is 0 Å². The lowest BCUT2D eigenvalue weighted by Gasteiger charge is -2.42. The van der Waals surface area contributed by atoms with Crippen LogP contribution < -0.4 is 10.6 Å². The SMILES string of the molecule is CCNC(=NCC(C)(C)N1CCCC(C)C1)NC(C)C.I. The highest BCUT2D eigenvalue weighted by Gasteiger charge is 2.29. The van der Waals surface area contributed by atoms with Gasteiger partial charge in [0.2, 0.25) is 0 Å². The van der Waals surface area contributed by atoms with Gasteiger partial charge in [0, 0.05) is 24.7 Å². The topological polar surface area (TPSA) is 39.7 Å². The third kappa shape index (κ3) is 7.68. The molecule has 21 heavy (non-hydrogen) atoms. The van der Waals surface area contributed by atoms with Crippen molar-refractivity contribution in [3.63, 3.8) is 0 Å². The standard InChI is InChI=1S/C16H34N4.HI/c1-7-17-15(19-13(2)3)18-12-16(5,6)20-10-8-9-14(4)11-20;/h13-14H,7-12H2,1-6H3,(H2,17,18,19);1H. The zero-order chi connectivity index (χ0) is 15.2. The van der Waals surface area contributed by atoms with Crippen molar-refractivity contribution in [1.82, 2.24) is 15.5 Å². The van der Waals surface area contributed by atoms with Crippen molar-refractivity contribution in [2.24, 2.45) is 10.9 Å². The van der Waals surface area contributed by atoms with Crippen molar-refractivity contribution in [3.8, 4) is 0 Å². The number of nitrogens with zero attached hydrogens (tertiary/aromatic N) is 2. The van der Waals surface area contributed by atoms with Gasteiger partial charge in [-0.05, 0) is 59.9 Å². The van der Waals surface area contributed by atoms with Crippen LogP contribution >= 0.6 is 24.0 Å². The third-order valence-electron chi connectivity index (χ3n) is 3.91. The molecule has 0 bridgehead atoms. The van der Waals surface area contributed by atoms with Crippen molar-refractivity contribution < 1.29 is 0 Å². The van der Waals surface area contributed by atoms with Gasteiger partial charge in [-0.15, -0.1) is 24.0 Å². The van der Waals surface area contributed by atoms with E-state index in [1.807, 2.05) is 0 Å². The zero-order valence-electron chi connectivity index (χ0n) is 14.7. The van der Waals surface area contributed by atoms with Crippen LogP contribution in [0.2, 0.25) is 0 Å². The second kappa shape index (κ2) is 9.87. The van der Waals surface area contributed by atoms with Crippen LogP contribution in [-0.4, -0.2) is 48.6 Å². The minimum atomic E-state index is 0. The van der Waals surface area contributed by atoms with E-state index in [9.17, 15) is 0 Å². The zero-order valence-corrected chi connectivity index (χ0v) is 17.0. The predicted octanol–water partition coefficient (Wildman–Crippen LogP) is 3.08. The molecule has 1 heterocycles. The lowest BCUT2D eigenvalue weighted by Crippen LogP contribution is -2.51. The Morgan fingerprint density at radius 2 is 2.05 bits per heavy atom. The molecule has 0 aromatic rings. The van der Waals surface area contributed by atoms with Gasteiger partial charge in [0.1, 0.15) is 0 Å². The van der Waals surface area contributed by atoms with Gasteiger partial charge in [0.05, 0.1) is 6.54 Å². The lowest BCUT2D eigenvalue weighted by molar-refractivity contribution is 0.0774. The largest absolute Gasteiger partial charge is 0.357 e. The van der Waals surface area contributed by atoms with Crippen LogP contribution in [0.15, 0.2) is 4.99 Å². The van der Waals surface area contributed by atoms with Gasteiger partial charge >= 0.3 is 0 Å². The molecule has 1 aliphatic heterocycles. The Hall–Kier alpha value is -0.0400. The molecular weight excluding hydrogens is 375 g/mol. The maximum atomic E-state index is 4.78. The Labute approximate surface area is 148 Å². The van der Waals surface area contributed by atoms with Crippen LogP contribution in [-0.2, 0) is 0 Å². The Kier molecular flexibility index (Phi) is 9.85. The first-order chi connectivity index (χ1) is 9.35. The van der Waals surface area contributed by atoms with Crippen molar-refractivity contribution in [1.29, 1.82) is 0 Å². The van der Waals surface area contributed by atoms with E-state index in [0.29, 0.717) is 6.04 Å². The summed E-state index contributed by atoms with van der Waals surface area (Å²) in [6, 6.07) is 0.408. The average Bonchev–Trinajstić information content (AvgIpc) is 2.36. The molecular formula is C16H35IN4. The molecule has 2 N–H and O–H groups in total. The summed E-state index contributed by atoms with van der Waals surface area (Å²) >= 11 is 0. The fourth-order valence-corrected chi connectivity index (χ4v) is 2.71. The molecule has 1 fully saturated rings. The normalized spacial score (nSPS) is 21.1. The highest BCUT2D eigenvalue weighted by atomic mass is 127. The number of hydrogen-bond donors (Lipinski definition) is 2. The Morgan fingerprint density at radius 3 is 2.57 bits per heavy atom. The van der Waals surface area contributed by atoms with Crippen LogP contribution in [0.3, 0.4) is 0 Å². The summed E-state index contributed by atoms with van der Waals surface area (Å²) in [5.41, 5.74) is 0.133. The Morgan fingerprint density at radius 1 is 1.38 bits per heavy atom. The number of piperidine rings is 1. The highest BCUT2D eigenvalue weighted by molar-refractivity contribution is 14.0. The molecule has 1 saturated heterocycles. The first kappa shape index (κ1) is 21.0. The van der Waals surface area contributed by atoms with Crippen molar-refractivity contribution >= 4 is 29.9 Å². The van der Waals surface area contributed by atoms with Gasteiger partial charge in [0.15, 0.2) is 5.96 Å². The summed E-state index contributed by atoms with van der Waals surface area (Å²) < 4.78 is 0. The van der Waals surface area contributed by atoms with Gasteiger partial charge in [-0.3, -0.25) is 9.89 Å². The molecule has 1 rings (SSSR count). The van der Waals surface area contributed by atoms with Gasteiger partial charge in [-0.1, -0.05) is 6.92 Å². The van der Waals surface area contributed by atoms with E-state index >= 15 is 0 Å². The van der Waals surface area contributed by atoms with E-state index in [1.165, 1.54) is 25.9 Å². The summed E-state index contributed by atoms with van der Waals surface area (Å²) in [4.78, 5) is 7.38. The Bertz CT molecular complexity index is 315. The summed E-state index contributed by atoms with van der Waals surface area (Å²) in [6.07, 6.45) is 2.69. The summed E-state index contributed by atoms with van der Waals surface area (Å²) in [5, 5.41) is 6.70. The predicted molar refractivity (Wildman–Crippen MR) is 104 cm³/mol. The number of rotatable bonds is 5. The molecule has 1 aliphatic rings. The number of halogens is 1. The van der Waals surface area contributed by atoms with Crippen LogP contribution in [0.25, 0.3) is 0 Å². The van der Waals surface area contributed by atoms with E-state index in [4.69, 9.17) is 4.99 Å². The van der Waals surface area contributed by atoms with Crippen molar-refractivity contribution in [3.05, 3.63) is 0 Å². The van der Waals surface area contributed by atoms with Crippen molar-refractivity contribution in [2.45, 2.75) is 66.0 Å². The van der Waals surface area contributed by atoms with E-state index in [0.717, 1.165) is 25.0 Å².